The van der Waals surface area contributed by atoms with Gasteiger partial charge in [0.25, 0.3) is 5.24 Å². The Morgan fingerprint density at radius 2 is 1.81 bits per heavy atom. The van der Waals surface area contributed by atoms with Crippen LogP contribution in [0.4, 0.5) is 31.1 Å². The molecule has 226 valence electrons. The minimum atomic E-state index is -4.97. The second-order valence-electron chi connectivity index (χ2n) is 9.41. The van der Waals surface area contributed by atoms with Crippen molar-refractivity contribution >= 4 is 39.8 Å². The molecule has 0 atom stereocenters. The van der Waals surface area contributed by atoms with Gasteiger partial charge in [-0.2, -0.15) is 31.4 Å². The molecular weight excluding hydrogens is 584 g/mol. The Bertz CT molecular complexity index is 1480. The van der Waals surface area contributed by atoms with E-state index in [0.717, 1.165) is 37.5 Å². The summed E-state index contributed by atoms with van der Waals surface area (Å²) in [6, 6.07) is 6.74. The van der Waals surface area contributed by atoms with Gasteiger partial charge >= 0.3 is 12.4 Å². The zero-order chi connectivity index (χ0) is 30.5. The van der Waals surface area contributed by atoms with Crippen molar-refractivity contribution in [2.24, 2.45) is 4.99 Å². The topological polar surface area (TPSA) is 71.8 Å². The Morgan fingerprint density at radius 1 is 1.05 bits per heavy atom. The minimum absolute atomic E-state index is 0.120. The standard InChI is InChI=1S/C28H29F6N5O2S/c1-3-38(4-2)10-12-41-11-9-35-25-24(42-26(40)36-25)14-18-5-8-23-20(13-18)17-39(37-23)16-19-6-7-21(27(29,30)31)15-22(19)28(32,33)34/h5-8,13-15,17H,3-4,9-12,16H2,1-2H3,(H,35,36,40)/b24-14-. The van der Waals surface area contributed by atoms with E-state index in [0.29, 0.717) is 53.0 Å². The Kier molecular flexibility index (Phi) is 10.00. The first-order chi connectivity index (χ1) is 19.9. The van der Waals surface area contributed by atoms with Crippen LogP contribution in [-0.2, 0) is 23.6 Å². The van der Waals surface area contributed by atoms with Gasteiger partial charge in [-0.3, -0.25) is 14.5 Å². The number of hydrogen-bond acceptors (Lipinski definition) is 6. The van der Waals surface area contributed by atoms with E-state index in [1.165, 1.54) is 10.9 Å². The number of aliphatic imine (C=N–C) groups is 1. The normalized spacial score (nSPS) is 16.4. The highest BCUT2D eigenvalue weighted by atomic mass is 32.2. The number of likely N-dealkylation sites (N-methyl/N-ethyl adjacent to an activating group) is 1. The molecule has 2 aromatic carbocycles. The highest BCUT2D eigenvalue weighted by Gasteiger charge is 2.38. The number of ether oxygens (including phenoxy) is 1. The number of amides is 1. The SMILES string of the molecule is CCN(CC)CCOCCN=C1NC(=O)S/C1=C\c1ccc2nn(Cc3ccc(C(F)(F)F)cc3C(F)(F)F)cc2c1. The third-order valence-corrected chi connectivity index (χ3v) is 7.38. The largest absolute Gasteiger partial charge is 0.416 e. The van der Waals surface area contributed by atoms with Crippen molar-refractivity contribution < 1.29 is 35.9 Å². The molecule has 0 spiro atoms. The van der Waals surface area contributed by atoms with Crippen LogP contribution in [-0.4, -0.2) is 65.1 Å². The van der Waals surface area contributed by atoms with Crippen LogP contribution in [0.1, 0.15) is 36.1 Å². The molecule has 1 amide bonds. The van der Waals surface area contributed by atoms with Gasteiger partial charge in [-0.05, 0) is 66.3 Å². The summed E-state index contributed by atoms with van der Waals surface area (Å²) in [6.07, 6.45) is -6.59. The van der Waals surface area contributed by atoms with E-state index in [2.05, 4.69) is 34.2 Å². The monoisotopic (exact) mass is 613 g/mol. The zero-order valence-corrected chi connectivity index (χ0v) is 23.7. The summed E-state index contributed by atoms with van der Waals surface area (Å²) in [5.74, 6) is 0.426. The van der Waals surface area contributed by atoms with Gasteiger partial charge in [0.2, 0.25) is 0 Å². The number of thioether (sulfide) groups is 1. The van der Waals surface area contributed by atoms with E-state index in [1.807, 2.05) is 0 Å². The minimum Gasteiger partial charge on any atom is -0.378 e. The first-order valence-corrected chi connectivity index (χ1v) is 14.0. The number of aromatic nitrogens is 2. The number of nitrogens with zero attached hydrogens (tertiary/aromatic N) is 4. The smallest absolute Gasteiger partial charge is 0.378 e. The van der Waals surface area contributed by atoms with Crippen molar-refractivity contribution in [3.63, 3.8) is 0 Å². The molecule has 0 saturated carbocycles. The number of amidine groups is 1. The fourth-order valence-corrected chi connectivity index (χ4v) is 5.11. The molecule has 1 fully saturated rings. The maximum Gasteiger partial charge on any atom is 0.416 e. The van der Waals surface area contributed by atoms with Crippen LogP contribution in [0, 0.1) is 0 Å². The van der Waals surface area contributed by atoms with Gasteiger partial charge in [0.15, 0.2) is 0 Å². The molecule has 1 aliphatic heterocycles. The predicted molar refractivity (Wildman–Crippen MR) is 150 cm³/mol. The van der Waals surface area contributed by atoms with E-state index in [1.54, 1.807) is 24.3 Å². The van der Waals surface area contributed by atoms with E-state index in [4.69, 9.17) is 4.74 Å². The second kappa shape index (κ2) is 13.3. The molecule has 0 bridgehead atoms. The molecule has 7 nitrogen and oxygen atoms in total. The number of fused-ring (bicyclic) bond motifs is 1. The van der Waals surface area contributed by atoms with E-state index in [-0.39, 0.29) is 23.4 Å². The molecule has 1 saturated heterocycles. The lowest BCUT2D eigenvalue weighted by atomic mass is 10.0. The second-order valence-corrected chi connectivity index (χ2v) is 10.4. The number of carbonyl (C=O) groups is 1. The number of alkyl halides is 6. The van der Waals surface area contributed by atoms with Crippen LogP contribution in [0.15, 0.2) is 52.5 Å². The Balaban J connectivity index is 1.48. The van der Waals surface area contributed by atoms with Crippen LogP contribution in [0.2, 0.25) is 0 Å². The fourth-order valence-electron chi connectivity index (χ4n) is 4.35. The number of rotatable bonds is 11. The highest BCUT2D eigenvalue weighted by Crippen LogP contribution is 2.37. The van der Waals surface area contributed by atoms with Crippen LogP contribution in [0.3, 0.4) is 0 Å². The average molecular weight is 614 g/mol. The number of carbonyl (C=O) groups excluding carboxylic acids is 1. The van der Waals surface area contributed by atoms with Crippen molar-refractivity contribution in [2.75, 3.05) is 39.4 Å². The molecule has 4 rings (SSSR count). The highest BCUT2D eigenvalue weighted by molar-refractivity contribution is 8.18. The number of nitrogens with one attached hydrogen (secondary N) is 1. The first kappa shape index (κ1) is 31.6. The maximum atomic E-state index is 13.6. The van der Waals surface area contributed by atoms with Crippen molar-refractivity contribution in [1.29, 1.82) is 0 Å². The molecule has 2 heterocycles. The number of benzene rings is 2. The summed E-state index contributed by atoms with van der Waals surface area (Å²) >= 11 is 0.991. The van der Waals surface area contributed by atoms with Gasteiger partial charge in [-0.15, -0.1) is 0 Å². The van der Waals surface area contributed by atoms with Crippen molar-refractivity contribution in [2.45, 2.75) is 32.7 Å². The molecule has 0 unspecified atom stereocenters. The van der Waals surface area contributed by atoms with Gasteiger partial charge in [0, 0.05) is 18.1 Å². The summed E-state index contributed by atoms with van der Waals surface area (Å²) in [5, 5.41) is 7.33. The summed E-state index contributed by atoms with van der Waals surface area (Å²) in [7, 11) is 0. The van der Waals surface area contributed by atoms with E-state index in [9.17, 15) is 31.1 Å². The van der Waals surface area contributed by atoms with Crippen molar-refractivity contribution in [3.8, 4) is 0 Å². The summed E-state index contributed by atoms with van der Waals surface area (Å²) < 4.78 is 86.6. The lowest BCUT2D eigenvalue weighted by Crippen LogP contribution is -2.27. The third-order valence-electron chi connectivity index (χ3n) is 6.56. The molecule has 3 aromatic rings. The van der Waals surface area contributed by atoms with Crippen molar-refractivity contribution in [3.05, 3.63) is 69.8 Å². The van der Waals surface area contributed by atoms with Crippen LogP contribution in [0.5, 0.6) is 0 Å². The number of halogens is 6. The van der Waals surface area contributed by atoms with Crippen LogP contribution >= 0.6 is 11.8 Å². The quantitative estimate of drug-likeness (QED) is 0.193. The molecule has 1 N–H and O–H groups in total. The molecular formula is C28H29F6N5O2S. The molecule has 0 radical (unpaired) electrons. The number of hydrogen-bond donors (Lipinski definition) is 1. The van der Waals surface area contributed by atoms with E-state index < -0.39 is 23.5 Å². The molecule has 1 aromatic heterocycles. The molecule has 1 aliphatic rings. The Labute approximate surface area is 242 Å². The Hall–Kier alpha value is -3.36. The van der Waals surface area contributed by atoms with Crippen LogP contribution in [0.25, 0.3) is 17.0 Å². The van der Waals surface area contributed by atoms with Gasteiger partial charge < -0.3 is 15.0 Å². The van der Waals surface area contributed by atoms with Gasteiger partial charge in [0.05, 0.1) is 47.9 Å². The van der Waals surface area contributed by atoms with Gasteiger partial charge in [-0.25, -0.2) is 0 Å². The average Bonchev–Trinajstić information content (AvgIpc) is 3.48. The molecule has 14 heteroatoms. The summed E-state index contributed by atoms with van der Waals surface area (Å²) in [4.78, 5) is 19.3. The Morgan fingerprint density at radius 3 is 2.50 bits per heavy atom. The summed E-state index contributed by atoms with van der Waals surface area (Å²) in [5.41, 5.74) is -1.88. The maximum absolute atomic E-state index is 13.6. The fraction of sp³-hybridized carbons (Fsp3) is 0.393. The van der Waals surface area contributed by atoms with E-state index >= 15 is 0 Å². The molecule has 0 aliphatic carbocycles. The lowest BCUT2D eigenvalue weighted by molar-refractivity contribution is -0.143. The zero-order valence-electron chi connectivity index (χ0n) is 22.8. The summed E-state index contributed by atoms with van der Waals surface area (Å²) in [6.45, 7) is 7.87. The predicted octanol–water partition coefficient (Wildman–Crippen LogP) is 6.68. The van der Waals surface area contributed by atoms with Gasteiger partial charge in [-0.1, -0.05) is 26.0 Å². The third kappa shape index (κ3) is 8.13. The first-order valence-electron chi connectivity index (χ1n) is 13.2. The lowest BCUT2D eigenvalue weighted by Gasteiger charge is -2.17. The van der Waals surface area contributed by atoms with Gasteiger partial charge in [0.1, 0.15) is 5.84 Å². The van der Waals surface area contributed by atoms with Crippen LogP contribution < -0.4 is 5.32 Å². The van der Waals surface area contributed by atoms with Crippen molar-refractivity contribution in [1.82, 2.24) is 20.0 Å². The molecule has 42 heavy (non-hydrogen) atoms.